The number of nitrogens with zero attached hydrogens (tertiary/aromatic N) is 2. The molecule has 1 aromatic heterocycles. The molecule has 2 aromatic rings. The van der Waals surface area contributed by atoms with Crippen LogP contribution in [0, 0.1) is 17.7 Å². The number of aliphatic carboxylic acids is 1. The second-order valence-corrected chi connectivity index (χ2v) is 9.11. The van der Waals surface area contributed by atoms with Gasteiger partial charge in [-0.05, 0) is 43.7 Å². The average Bonchev–Trinajstić information content (AvgIpc) is 3.33. The van der Waals surface area contributed by atoms with Crippen molar-refractivity contribution in [2.24, 2.45) is 16.8 Å². The first-order valence-electron chi connectivity index (χ1n) is 10.3. The molecule has 2 aliphatic rings. The van der Waals surface area contributed by atoms with Crippen LogP contribution in [0.4, 0.5) is 4.39 Å². The number of aliphatic imine (C=N–C) groups is 1. The largest absolute Gasteiger partial charge is 0.478 e. The highest BCUT2D eigenvalue weighted by atomic mass is 35.5. The Morgan fingerprint density at radius 1 is 1.28 bits per heavy atom. The summed E-state index contributed by atoms with van der Waals surface area (Å²) < 4.78 is 13.7. The zero-order valence-corrected chi connectivity index (χ0v) is 18.8. The van der Waals surface area contributed by atoms with Gasteiger partial charge in [0, 0.05) is 40.8 Å². The summed E-state index contributed by atoms with van der Waals surface area (Å²) in [5.41, 5.74) is 1.05. The number of carbonyl (C=O) groups is 2. The fraction of sp³-hybridized carbons (Fsp3) is 0.364. The van der Waals surface area contributed by atoms with Crippen LogP contribution in [0.25, 0.3) is 0 Å². The first kappa shape index (κ1) is 22.4. The van der Waals surface area contributed by atoms with Crippen LogP contribution in [-0.2, 0) is 9.59 Å². The summed E-state index contributed by atoms with van der Waals surface area (Å²) in [7, 11) is 1.62. The SMILES string of the molecule is CNC(=O)C1CCC(C2=C(C(=O)O)C(c3ccc(F)cc3Cl)N=C(c3nccs3)N2)CC1. The number of hydrogen-bond donors (Lipinski definition) is 3. The van der Waals surface area contributed by atoms with E-state index in [-0.39, 0.29) is 28.3 Å². The molecular weight excluding hydrogens is 455 g/mol. The molecule has 1 atom stereocenters. The van der Waals surface area contributed by atoms with Crippen LogP contribution in [0.15, 0.2) is 46.0 Å². The second kappa shape index (κ2) is 9.38. The van der Waals surface area contributed by atoms with Gasteiger partial charge in [-0.2, -0.15) is 0 Å². The minimum atomic E-state index is -1.12. The fourth-order valence-electron chi connectivity index (χ4n) is 4.37. The van der Waals surface area contributed by atoms with Crippen molar-refractivity contribution in [3.63, 3.8) is 0 Å². The molecule has 1 saturated carbocycles. The van der Waals surface area contributed by atoms with Crippen LogP contribution < -0.4 is 10.6 Å². The van der Waals surface area contributed by atoms with Crippen molar-refractivity contribution < 1.29 is 19.1 Å². The van der Waals surface area contributed by atoms with Crippen LogP contribution in [0.5, 0.6) is 0 Å². The molecule has 168 valence electrons. The molecule has 1 unspecified atom stereocenters. The summed E-state index contributed by atoms with van der Waals surface area (Å²) in [6, 6.07) is 2.97. The Morgan fingerprint density at radius 2 is 2.03 bits per heavy atom. The highest BCUT2D eigenvalue weighted by molar-refractivity contribution is 7.11. The van der Waals surface area contributed by atoms with Gasteiger partial charge in [0.1, 0.15) is 11.9 Å². The third-order valence-corrected chi connectivity index (χ3v) is 7.06. The number of aromatic nitrogens is 1. The lowest BCUT2D eigenvalue weighted by Gasteiger charge is -2.34. The Bertz CT molecular complexity index is 1090. The van der Waals surface area contributed by atoms with E-state index in [0.29, 0.717) is 47.8 Å². The third kappa shape index (κ3) is 4.40. The lowest BCUT2D eigenvalue weighted by atomic mass is 9.77. The summed E-state index contributed by atoms with van der Waals surface area (Å²) >= 11 is 7.68. The summed E-state index contributed by atoms with van der Waals surface area (Å²) in [4.78, 5) is 33.4. The van der Waals surface area contributed by atoms with Gasteiger partial charge in [0.05, 0.1) is 5.57 Å². The van der Waals surface area contributed by atoms with Crippen molar-refractivity contribution in [3.05, 3.63) is 62.5 Å². The van der Waals surface area contributed by atoms with Gasteiger partial charge in [-0.3, -0.25) is 9.79 Å². The van der Waals surface area contributed by atoms with E-state index in [1.165, 1.54) is 23.5 Å². The number of amidine groups is 1. The molecule has 1 aliphatic carbocycles. The molecule has 0 saturated heterocycles. The maximum absolute atomic E-state index is 13.7. The van der Waals surface area contributed by atoms with Gasteiger partial charge in [-0.1, -0.05) is 17.7 Å². The lowest BCUT2D eigenvalue weighted by Crippen LogP contribution is -2.38. The molecule has 7 nitrogen and oxygen atoms in total. The number of halogens is 2. The van der Waals surface area contributed by atoms with Gasteiger partial charge in [0.25, 0.3) is 0 Å². The van der Waals surface area contributed by atoms with Gasteiger partial charge in [-0.15, -0.1) is 11.3 Å². The summed E-state index contributed by atoms with van der Waals surface area (Å²) in [5.74, 6) is -1.33. The van der Waals surface area contributed by atoms with E-state index < -0.39 is 17.8 Å². The molecule has 0 bridgehead atoms. The van der Waals surface area contributed by atoms with Gasteiger partial charge >= 0.3 is 5.97 Å². The maximum atomic E-state index is 13.7. The van der Waals surface area contributed by atoms with Gasteiger partial charge in [-0.25, -0.2) is 14.2 Å². The Kier molecular flexibility index (Phi) is 6.57. The molecule has 10 heteroatoms. The van der Waals surface area contributed by atoms with Crippen molar-refractivity contribution in [3.8, 4) is 0 Å². The van der Waals surface area contributed by atoms with Gasteiger partial charge < -0.3 is 15.7 Å². The maximum Gasteiger partial charge on any atom is 0.335 e. The minimum Gasteiger partial charge on any atom is -0.478 e. The highest BCUT2D eigenvalue weighted by Gasteiger charge is 2.37. The van der Waals surface area contributed by atoms with E-state index in [9.17, 15) is 19.1 Å². The molecule has 1 aromatic carbocycles. The lowest BCUT2D eigenvalue weighted by molar-refractivity contribution is -0.133. The van der Waals surface area contributed by atoms with Crippen LogP contribution in [0.1, 0.15) is 42.3 Å². The van der Waals surface area contributed by atoms with E-state index in [1.54, 1.807) is 13.2 Å². The predicted octanol–water partition coefficient (Wildman–Crippen LogP) is 3.92. The molecule has 32 heavy (non-hydrogen) atoms. The summed E-state index contributed by atoms with van der Waals surface area (Å²) in [6.45, 7) is 0. The Morgan fingerprint density at radius 3 is 2.62 bits per heavy atom. The number of rotatable bonds is 5. The first-order chi connectivity index (χ1) is 15.4. The Hall–Kier alpha value is -2.78. The number of carboxylic acids is 1. The van der Waals surface area contributed by atoms with Gasteiger partial charge in [0.15, 0.2) is 10.8 Å². The van der Waals surface area contributed by atoms with Gasteiger partial charge in [0.2, 0.25) is 5.91 Å². The van der Waals surface area contributed by atoms with Crippen LogP contribution >= 0.6 is 22.9 Å². The number of carboxylic acid groups (broad SMARTS) is 1. The van der Waals surface area contributed by atoms with Crippen molar-refractivity contribution in [1.29, 1.82) is 0 Å². The van der Waals surface area contributed by atoms with Crippen molar-refractivity contribution in [2.45, 2.75) is 31.7 Å². The predicted molar refractivity (Wildman–Crippen MR) is 120 cm³/mol. The molecule has 3 N–H and O–H groups in total. The Labute approximate surface area is 193 Å². The molecule has 1 amide bonds. The number of carbonyl (C=O) groups excluding carboxylic acids is 1. The van der Waals surface area contributed by atoms with Crippen molar-refractivity contribution in [2.75, 3.05) is 7.05 Å². The van der Waals surface area contributed by atoms with E-state index in [2.05, 4.69) is 20.6 Å². The quantitative estimate of drug-likeness (QED) is 0.606. The monoisotopic (exact) mass is 476 g/mol. The third-order valence-electron chi connectivity index (χ3n) is 5.95. The zero-order valence-electron chi connectivity index (χ0n) is 17.3. The smallest absolute Gasteiger partial charge is 0.335 e. The summed E-state index contributed by atoms with van der Waals surface area (Å²) in [6.07, 6.45) is 4.29. The number of benzene rings is 1. The number of allylic oxidation sites excluding steroid dienone is 1. The molecule has 4 rings (SSSR count). The molecular formula is C22H22ClFN4O3S. The highest BCUT2D eigenvalue weighted by Crippen LogP contribution is 2.41. The molecule has 0 spiro atoms. The standard InChI is InChI=1S/C22H22ClFN4O3S/c1-25-20(29)12-4-2-11(3-5-12)17-16(22(30)31)18(14-7-6-13(24)10-15(14)23)28-19(27-17)21-26-8-9-32-21/h6-12,18H,2-5H2,1H3,(H,25,29)(H,27,28)(H,30,31). The van der Waals surface area contributed by atoms with Crippen LogP contribution in [0.2, 0.25) is 5.02 Å². The van der Waals surface area contributed by atoms with E-state index in [0.717, 1.165) is 6.07 Å². The number of thiazole rings is 1. The molecule has 0 radical (unpaired) electrons. The van der Waals surface area contributed by atoms with E-state index in [4.69, 9.17) is 11.6 Å². The second-order valence-electron chi connectivity index (χ2n) is 7.80. The number of amides is 1. The minimum absolute atomic E-state index is 0.00787. The molecule has 2 heterocycles. The van der Waals surface area contributed by atoms with Crippen LogP contribution in [-0.4, -0.2) is 34.9 Å². The fourth-order valence-corrected chi connectivity index (χ4v) is 5.23. The van der Waals surface area contributed by atoms with Crippen molar-refractivity contribution in [1.82, 2.24) is 15.6 Å². The number of hydrogen-bond acceptors (Lipinski definition) is 6. The van der Waals surface area contributed by atoms with Crippen molar-refractivity contribution >= 4 is 40.6 Å². The first-order valence-corrected chi connectivity index (χ1v) is 11.5. The van der Waals surface area contributed by atoms with E-state index >= 15 is 0 Å². The van der Waals surface area contributed by atoms with Crippen LogP contribution in [0.3, 0.4) is 0 Å². The summed E-state index contributed by atoms with van der Waals surface area (Å²) in [5, 5.41) is 18.6. The zero-order chi connectivity index (χ0) is 22.8. The molecule has 1 aliphatic heterocycles. The molecule has 1 fully saturated rings. The Balaban J connectivity index is 1.77. The topological polar surface area (TPSA) is 104 Å². The number of nitrogens with one attached hydrogen (secondary N) is 2. The average molecular weight is 477 g/mol. The van der Waals surface area contributed by atoms with E-state index in [1.807, 2.05) is 5.38 Å². The normalized spacial score (nSPS) is 23.3.